The molecule has 26 heavy (non-hydrogen) atoms. The molecule has 1 aliphatic heterocycles. The van der Waals surface area contributed by atoms with Crippen LogP contribution in [0.3, 0.4) is 0 Å². The molecule has 0 bridgehead atoms. The molecule has 0 aliphatic carbocycles. The second kappa shape index (κ2) is 8.56. The number of hydrogen-bond acceptors (Lipinski definition) is 3. The minimum absolute atomic E-state index is 0.189. The van der Waals surface area contributed by atoms with E-state index < -0.39 is 5.60 Å². The molecular formula is C21H32N2O3. The molecule has 0 radical (unpaired) electrons. The van der Waals surface area contributed by atoms with Gasteiger partial charge in [-0.05, 0) is 52.0 Å². The first-order chi connectivity index (χ1) is 12.1. The van der Waals surface area contributed by atoms with Gasteiger partial charge in [-0.3, -0.25) is 4.79 Å². The highest BCUT2D eigenvalue weighted by molar-refractivity contribution is 5.78. The molecule has 0 spiro atoms. The maximum absolute atomic E-state index is 12.5. The van der Waals surface area contributed by atoms with Crippen LogP contribution in [-0.4, -0.2) is 54.1 Å². The van der Waals surface area contributed by atoms with Crippen molar-refractivity contribution in [1.82, 2.24) is 9.80 Å². The van der Waals surface area contributed by atoms with E-state index in [0.717, 1.165) is 31.5 Å². The number of nitrogens with zero attached hydrogens (tertiary/aromatic N) is 2. The van der Waals surface area contributed by atoms with Gasteiger partial charge < -0.3 is 14.5 Å². The second-order valence-electron chi connectivity index (χ2n) is 8.35. The summed E-state index contributed by atoms with van der Waals surface area (Å²) < 4.78 is 5.40. The molecule has 2 rings (SSSR count). The van der Waals surface area contributed by atoms with Crippen LogP contribution in [0.2, 0.25) is 0 Å². The lowest BCUT2D eigenvalue weighted by Crippen LogP contribution is -2.43. The largest absolute Gasteiger partial charge is 0.444 e. The van der Waals surface area contributed by atoms with Crippen LogP contribution in [0.4, 0.5) is 4.79 Å². The third-order valence-corrected chi connectivity index (χ3v) is 4.64. The fourth-order valence-corrected chi connectivity index (χ4v) is 3.28. The number of rotatable bonds is 4. The quantitative estimate of drug-likeness (QED) is 0.824. The molecule has 1 aromatic rings. The van der Waals surface area contributed by atoms with Crippen molar-refractivity contribution in [3.8, 4) is 0 Å². The topological polar surface area (TPSA) is 49.9 Å². The van der Waals surface area contributed by atoms with Crippen molar-refractivity contribution < 1.29 is 14.3 Å². The summed E-state index contributed by atoms with van der Waals surface area (Å²) in [4.78, 5) is 28.2. The van der Waals surface area contributed by atoms with Crippen LogP contribution < -0.4 is 0 Å². The molecule has 0 unspecified atom stereocenters. The molecule has 5 nitrogen and oxygen atoms in total. The smallest absolute Gasteiger partial charge is 0.410 e. The maximum atomic E-state index is 12.5. The molecule has 1 aromatic carbocycles. The number of carbonyl (C=O) groups excluding carboxylic acids is 2. The SMILES string of the molecule is Cc1cccc(CC(=O)N2CCC(CN(C)C(=O)OC(C)(C)C)CC2)c1. The van der Waals surface area contributed by atoms with Crippen LogP contribution in [0, 0.1) is 12.8 Å². The van der Waals surface area contributed by atoms with Gasteiger partial charge in [-0.25, -0.2) is 4.79 Å². The fraction of sp³-hybridized carbons (Fsp3) is 0.619. The molecule has 1 fully saturated rings. The number of benzene rings is 1. The Morgan fingerprint density at radius 3 is 2.46 bits per heavy atom. The zero-order chi connectivity index (χ0) is 19.3. The van der Waals surface area contributed by atoms with Gasteiger partial charge in [0, 0.05) is 26.7 Å². The van der Waals surface area contributed by atoms with E-state index in [1.165, 1.54) is 5.56 Å². The molecule has 0 atom stereocenters. The van der Waals surface area contributed by atoms with Crippen molar-refractivity contribution in [3.63, 3.8) is 0 Å². The van der Waals surface area contributed by atoms with E-state index in [9.17, 15) is 9.59 Å². The third-order valence-electron chi connectivity index (χ3n) is 4.64. The van der Waals surface area contributed by atoms with Crippen molar-refractivity contribution in [3.05, 3.63) is 35.4 Å². The van der Waals surface area contributed by atoms with Gasteiger partial charge >= 0.3 is 6.09 Å². The number of amides is 2. The van der Waals surface area contributed by atoms with E-state index in [2.05, 4.69) is 6.07 Å². The first-order valence-electron chi connectivity index (χ1n) is 9.41. The van der Waals surface area contributed by atoms with Crippen LogP contribution in [0.15, 0.2) is 24.3 Å². The molecule has 2 amide bonds. The van der Waals surface area contributed by atoms with Crippen LogP contribution in [-0.2, 0) is 16.0 Å². The van der Waals surface area contributed by atoms with Gasteiger partial charge in [0.1, 0.15) is 5.60 Å². The average molecular weight is 360 g/mol. The first-order valence-corrected chi connectivity index (χ1v) is 9.41. The van der Waals surface area contributed by atoms with Gasteiger partial charge in [0.25, 0.3) is 0 Å². The summed E-state index contributed by atoms with van der Waals surface area (Å²) in [6, 6.07) is 8.12. The number of likely N-dealkylation sites (tertiary alicyclic amines) is 1. The standard InChI is InChI=1S/C21H32N2O3/c1-16-7-6-8-18(13-16)14-19(24)23-11-9-17(10-12-23)15-22(5)20(25)26-21(2,3)4/h6-8,13,17H,9-12,14-15H2,1-5H3. The number of ether oxygens (including phenoxy) is 1. The highest BCUT2D eigenvalue weighted by Crippen LogP contribution is 2.20. The number of hydrogen-bond donors (Lipinski definition) is 0. The summed E-state index contributed by atoms with van der Waals surface area (Å²) in [6.07, 6.45) is 2.03. The summed E-state index contributed by atoms with van der Waals surface area (Å²) in [7, 11) is 1.78. The highest BCUT2D eigenvalue weighted by Gasteiger charge is 2.26. The van der Waals surface area contributed by atoms with Gasteiger partial charge in [0.05, 0.1) is 6.42 Å². The monoisotopic (exact) mass is 360 g/mol. The number of carbonyl (C=O) groups is 2. The van der Waals surface area contributed by atoms with E-state index in [1.807, 2.05) is 50.8 Å². The Balaban J connectivity index is 1.77. The van der Waals surface area contributed by atoms with Gasteiger partial charge in [-0.1, -0.05) is 29.8 Å². The summed E-state index contributed by atoms with van der Waals surface area (Å²) >= 11 is 0. The summed E-state index contributed by atoms with van der Waals surface area (Å²) in [5, 5.41) is 0. The van der Waals surface area contributed by atoms with Crippen LogP contribution in [0.1, 0.15) is 44.7 Å². The number of piperidine rings is 1. The summed E-state index contributed by atoms with van der Waals surface area (Å²) in [5.74, 6) is 0.602. The van der Waals surface area contributed by atoms with Crippen LogP contribution >= 0.6 is 0 Å². The summed E-state index contributed by atoms with van der Waals surface area (Å²) in [5.41, 5.74) is 1.78. The zero-order valence-corrected chi connectivity index (χ0v) is 16.7. The molecule has 1 heterocycles. The Hall–Kier alpha value is -2.04. The van der Waals surface area contributed by atoms with Gasteiger partial charge in [-0.15, -0.1) is 0 Å². The normalized spacial score (nSPS) is 15.7. The summed E-state index contributed by atoms with van der Waals surface area (Å²) in [6.45, 7) is 9.86. The number of aryl methyl sites for hydroxylation is 1. The lowest BCUT2D eigenvalue weighted by atomic mass is 9.96. The minimum atomic E-state index is -0.475. The van der Waals surface area contributed by atoms with Crippen molar-refractivity contribution in [2.75, 3.05) is 26.7 Å². The van der Waals surface area contributed by atoms with Crippen molar-refractivity contribution in [1.29, 1.82) is 0 Å². The Bertz CT molecular complexity index is 628. The van der Waals surface area contributed by atoms with E-state index in [-0.39, 0.29) is 12.0 Å². The molecule has 144 valence electrons. The lowest BCUT2D eigenvalue weighted by Gasteiger charge is -2.34. The molecule has 1 saturated heterocycles. The predicted octanol–water partition coefficient (Wildman–Crippen LogP) is 3.64. The van der Waals surface area contributed by atoms with Gasteiger partial charge in [0.15, 0.2) is 0 Å². The van der Waals surface area contributed by atoms with E-state index in [4.69, 9.17) is 4.74 Å². The third kappa shape index (κ3) is 6.36. The molecule has 0 aromatic heterocycles. The minimum Gasteiger partial charge on any atom is -0.444 e. The Kier molecular flexibility index (Phi) is 6.68. The van der Waals surface area contributed by atoms with Crippen molar-refractivity contribution in [2.45, 2.75) is 52.6 Å². The molecule has 0 N–H and O–H groups in total. The maximum Gasteiger partial charge on any atom is 0.410 e. The first kappa shape index (κ1) is 20.3. The molecule has 1 aliphatic rings. The van der Waals surface area contributed by atoms with Crippen LogP contribution in [0.25, 0.3) is 0 Å². The molecule has 0 saturated carbocycles. The van der Waals surface area contributed by atoms with Crippen molar-refractivity contribution in [2.24, 2.45) is 5.92 Å². The molecule has 5 heteroatoms. The predicted molar refractivity (Wildman–Crippen MR) is 103 cm³/mol. The van der Waals surface area contributed by atoms with Gasteiger partial charge in [0.2, 0.25) is 5.91 Å². The van der Waals surface area contributed by atoms with E-state index in [0.29, 0.717) is 18.9 Å². The molecular weight excluding hydrogens is 328 g/mol. The second-order valence-corrected chi connectivity index (χ2v) is 8.35. The van der Waals surface area contributed by atoms with E-state index in [1.54, 1.807) is 11.9 Å². The van der Waals surface area contributed by atoms with Crippen LogP contribution in [0.5, 0.6) is 0 Å². The van der Waals surface area contributed by atoms with E-state index >= 15 is 0 Å². The Labute approximate surface area is 157 Å². The fourth-order valence-electron chi connectivity index (χ4n) is 3.28. The van der Waals surface area contributed by atoms with Crippen molar-refractivity contribution >= 4 is 12.0 Å². The Morgan fingerprint density at radius 1 is 1.23 bits per heavy atom. The van der Waals surface area contributed by atoms with Gasteiger partial charge in [-0.2, -0.15) is 0 Å². The average Bonchev–Trinajstić information content (AvgIpc) is 2.54. The Morgan fingerprint density at radius 2 is 1.88 bits per heavy atom. The lowest BCUT2D eigenvalue weighted by molar-refractivity contribution is -0.131. The highest BCUT2D eigenvalue weighted by atomic mass is 16.6. The zero-order valence-electron chi connectivity index (χ0n) is 16.7.